The summed E-state index contributed by atoms with van der Waals surface area (Å²) in [6.45, 7) is 1.85. The maximum absolute atomic E-state index is 13.0. The van der Waals surface area contributed by atoms with E-state index >= 15 is 0 Å². The van der Waals surface area contributed by atoms with Gasteiger partial charge in [-0.1, -0.05) is 17.7 Å². The average Bonchev–Trinajstić information content (AvgIpc) is 3.03. The van der Waals surface area contributed by atoms with Crippen LogP contribution in [0.15, 0.2) is 39.8 Å². The lowest BCUT2D eigenvalue weighted by molar-refractivity contribution is 0.315. The van der Waals surface area contributed by atoms with Gasteiger partial charge in [-0.3, -0.25) is 4.79 Å². The minimum absolute atomic E-state index is 0.110. The first kappa shape index (κ1) is 14.7. The molecule has 0 spiro atoms. The zero-order valence-electron chi connectivity index (χ0n) is 12.9. The molecule has 2 aromatic heterocycles. The maximum Gasteiger partial charge on any atom is 0.197 e. The highest BCUT2D eigenvalue weighted by Crippen LogP contribution is 2.30. The molecular formula is C17H12ClN3O3. The van der Waals surface area contributed by atoms with Crippen LogP contribution in [-0.2, 0) is 0 Å². The van der Waals surface area contributed by atoms with Crippen molar-refractivity contribution in [2.45, 2.75) is 6.92 Å². The fourth-order valence-electron chi connectivity index (χ4n) is 2.86. The molecule has 0 radical (unpaired) electrons. The number of hydrogen-bond acceptors (Lipinski definition) is 5. The molecule has 0 aliphatic rings. The van der Waals surface area contributed by atoms with Gasteiger partial charge in [0.2, 0.25) is 0 Å². The summed E-state index contributed by atoms with van der Waals surface area (Å²) in [6, 6.07) is 8.71. The van der Waals surface area contributed by atoms with Crippen molar-refractivity contribution in [3.63, 3.8) is 0 Å². The van der Waals surface area contributed by atoms with E-state index in [4.69, 9.17) is 21.0 Å². The fourth-order valence-corrected chi connectivity index (χ4v) is 3.10. The molecule has 4 aromatic rings. The molecule has 2 aromatic carbocycles. The summed E-state index contributed by atoms with van der Waals surface area (Å²) < 4.78 is 9.92. The van der Waals surface area contributed by atoms with Crippen molar-refractivity contribution in [2.75, 3.05) is 7.11 Å². The summed E-state index contributed by atoms with van der Waals surface area (Å²) in [6.07, 6.45) is 0. The van der Waals surface area contributed by atoms with Crippen molar-refractivity contribution in [1.82, 2.24) is 15.3 Å². The Kier molecular flexibility index (Phi) is 3.28. The Balaban J connectivity index is 2.03. The molecule has 2 heterocycles. The number of H-pyrrole nitrogens is 1. The maximum atomic E-state index is 13.0. The summed E-state index contributed by atoms with van der Waals surface area (Å²) in [7, 11) is 1.54. The second-order valence-corrected chi connectivity index (χ2v) is 5.86. The molecule has 0 unspecified atom stereocenters. The smallest absolute Gasteiger partial charge is 0.197 e. The van der Waals surface area contributed by atoms with Gasteiger partial charge in [0.1, 0.15) is 16.8 Å². The molecule has 24 heavy (non-hydrogen) atoms. The van der Waals surface area contributed by atoms with E-state index in [1.165, 1.54) is 7.11 Å². The van der Waals surface area contributed by atoms with Crippen molar-refractivity contribution in [3.05, 3.63) is 51.3 Å². The van der Waals surface area contributed by atoms with Crippen LogP contribution in [0.1, 0.15) is 5.69 Å². The van der Waals surface area contributed by atoms with Crippen LogP contribution in [0.2, 0.25) is 5.02 Å². The van der Waals surface area contributed by atoms with Crippen LogP contribution in [0.25, 0.3) is 33.1 Å². The van der Waals surface area contributed by atoms with Crippen LogP contribution in [0, 0.1) is 6.92 Å². The molecule has 4 rings (SSSR count). The van der Waals surface area contributed by atoms with Crippen LogP contribution in [0.4, 0.5) is 0 Å². The Morgan fingerprint density at radius 1 is 1.17 bits per heavy atom. The number of hydrogen-bond donors (Lipinski definition) is 1. The van der Waals surface area contributed by atoms with Crippen LogP contribution in [-0.4, -0.2) is 22.4 Å². The molecule has 0 aliphatic carbocycles. The van der Waals surface area contributed by atoms with Crippen molar-refractivity contribution >= 4 is 33.5 Å². The summed E-state index contributed by atoms with van der Waals surface area (Å²) in [5, 5.41) is 8.49. The molecule has 0 saturated carbocycles. The Morgan fingerprint density at radius 3 is 2.75 bits per heavy atom. The predicted molar refractivity (Wildman–Crippen MR) is 91.7 cm³/mol. The molecule has 0 fully saturated rings. The SMILES string of the molecule is COc1cc2[nH]c(C)c(-c3ccc4nonc4c3)c(=O)c2cc1Cl. The third-order valence-electron chi connectivity index (χ3n) is 4.00. The first-order valence-electron chi connectivity index (χ1n) is 7.21. The number of nitrogens with zero attached hydrogens (tertiary/aromatic N) is 2. The largest absolute Gasteiger partial charge is 0.495 e. The Labute approximate surface area is 141 Å². The minimum atomic E-state index is -0.110. The summed E-state index contributed by atoms with van der Waals surface area (Å²) in [4.78, 5) is 16.2. The lowest BCUT2D eigenvalue weighted by Gasteiger charge is -2.10. The van der Waals surface area contributed by atoms with E-state index in [0.717, 1.165) is 11.3 Å². The molecule has 120 valence electrons. The quantitative estimate of drug-likeness (QED) is 0.601. The van der Waals surface area contributed by atoms with Gasteiger partial charge in [0.05, 0.1) is 17.6 Å². The van der Waals surface area contributed by atoms with Crippen LogP contribution >= 0.6 is 11.6 Å². The highest BCUT2D eigenvalue weighted by atomic mass is 35.5. The first-order chi connectivity index (χ1) is 11.6. The number of pyridine rings is 1. The molecule has 7 heteroatoms. The minimum Gasteiger partial charge on any atom is -0.495 e. The Hall–Kier alpha value is -2.86. The fraction of sp³-hybridized carbons (Fsp3) is 0.118. The van der Waals surface area contributed by atoms with E-state index in [2.05, 4.69) is 15.3 Å². The summed E-state index contributed by atoms with van der Waals surface area (Å²) in [5.74, 6) is 0.516. The standard InChI is InChI=1S/C17H12ClN3O3/c1-8-16(9-3-4-12-14(5-9)21-24-20-12)17(22)10-6-11(18)15(23-2)7-13(10)19-8/h3-7H,1-2H3,(H,19,22). The van der Waals surface area contributed by atoms with Crippen molar-refractivity contribution in [3.8, 4) is 16.9 Å². The zero-order chi connectivity index (χ0) is 16.8. The highest BCUT2D eigenvalue weighted by Gasteiger charge is 2.15. The summed E-state index contributed by atoms with van der Waals surface area (Å²) >= 11 is 6.17. The molecule has 0 bridgehead atoms. The number of nitrogens with one attached hydrogen (secondary N) is 1. The number of benzene rings is 2. The number of aromatic amines is 1. The van der Waals surface area contributed by atoms with Gasteiger partial charge in [0.15, 0.2) is 5.43 Å². The zero-order valence-corrected chi connectivity index (χ0v) is 13.6. The van der Waals surface area contributed by atoms with Gasteiger partial charge in [0.25, 0.3) is 0 Å². The van der Waals surface area contributed by atoms with E-state index in [1.54, 1.807) is 24.3 Å². The number of aryl methyl sites for hydroxylation is 1. The molecule has 0 saturated heterocycles. The third kappa shape index (κ3) is 2.15. The monoisotopic (exact) mass is 341 g/mol. The Bertz CT molecular complexity index is 1150. The van der Waals surface area contributed by atoms with Gasteiger partial charge in [-0.25, -0.2) is 4.63 Å². The topological polar surface area (TPSA) is 81.0 Å². The van der Waals surface area contributed by atoms with Crippen LogP contribution in [0.3, 0.4) is 0 Å². The van der Waals surface area contributed by atoms with E-state index in [9.17, 15) is 4.79 Å². The number of ether oxygens (including phenoxy) is 1. The number of fused-ring (bicyclic) bond motifs is 2. The molecule has 0 amide bonds. The lowest BCUT2D eigenvalue weighted by atomic mass is 10.0. The number of rotatable bonds is 2. The molecule has 1 N–H and O–H groups in total. The van der Waals surface area contributed by atoms with E-state index < -0.39 is 0 Å². The lowest BCUT2D eigenvalue weighted by Crippen LogP contribution is -2.10. The predicted octanol–water partition coefficient (Wildman–Crippen LogP) is 3.70. The van der Waals surface area contributed by atoms with E-state index in [-0.39, 0.29) is 5.43 Å². The van der Waals surface area contributed by atoms with Crippen LogP contribution < -0.4 is 10.2 Å². The second kappa shape index (κ2) is 5.35. The molecule has 6 nitrogen and oxygen atoms in total. The van der Waals surface area contributed by atoms with Crippen LogP contribution in [0.5, 0.6) is 5.75 Å². The third-order valence-corrected chi connectivity index (χ3v) is 4.30. The number of aromatic nitrogens is 3. The normalized spacial score (nSPS) is 11.3. The number of methoxy groups -OCH3 is 1. The average molecular weight is 342 g/mol. The molecule has 0 atom stereocenters. The van der Waals surface area contributed by atoms with E-state index in [0.29, 0.717) is 38.3 Å². The van der Waals surface area contributed by atoms with Gasteiger partial charge >= 0.3 is 0 Å². The molecular weight excluding hydrogens is 330 g/mol. The highest BCUT2D eigenvalue weighted by molar-refractivity contribution is 6.32. The van der Waals surface area contributed by atoms with E-state index in [1.807, 2.05) is 13.0 Å². The van der Waals surface area contributed by atoms with Gasteiger partial charge in [-0.15, -0.1) is 0 Å². The van der Waals surface area contributed by atoms with Crippen molar-refractivity contribution < 1.29 is 9.37 Å². The Morgan fingerprint density at radius 2 is 1.96 bits per heavy atom. The number of halogens is 1. The molecule has 0 aliphatic heterocycles. The van der Waals surface area contributed by atoms with Gasteiger partial charge in [-0.05, 0) is 41.0 Å². The van der Waals surface area contributed by atoms with Crippen molar-refractivity contribution in [1.29, 1.82) is 0 Å². The van der Waals surface area contributed by atoms with Gasteiger partial charge in [0, 0.05) is 22.7 Å². The summed E-state index contributed by atoms with van der Waals surface area (Å²) in [5.41, 5.74) is 3.85. The second-order valence-electron chi connectivity index (χ2n) is 5.45. The van der Waals surface area contributed by atoms with Gasteiger partial charge < -0.3 is 9.72 Å². The van der Waals surface area contributed by atoms with Crippen molar-refractivity contribution in [2.24, 2.45) is 0 Å². The van der Waals surface area contributed by atoms with Gasteiger partial charge in [-0.2, -0.15) is 0 Å². The first-order valence-corrected chi connectivity index (χ1v) is 7.59.